The average molecular weight is 477 g/mol. The van der Waals surface area contributed by atoms with Crippen LogP contribution < -0.4 is 4.74 Å². The summed E-state index contributed by atoms with van der Waals surface area (Å²) in [5, 5.41) is 19.7. The molecule has 0 bridgehead atoms. The Bertz CT molecular complexity index is 841. The van der Waals surface area contributed by atoms with Crippen LogP contribution in [0.5, 0.6) is 11.5 Å². The van der Waals surface area contributed by atoms with Crippen LogP contribution in [0.4, 0.5) is 0 Å². The van der Waals surface area contributed by atoms with Gasteiger partial charge in [-0.1, -0.05) is 18.2 Å². The Balaban J connectivity index is 1.88. The molecule has 0 saturated heterocycles. The number of allylic oxidation sites excluding steroid dienone is 2. The van der Waals surface area contributed by atoms with Crippen molar-refractivity contribution in [2.75, 3.05) is 7.11 Å². The maximum Gasteiger partial charge on any atom is 0.458 e. The molecule has 1 aromatic heterocycles. The number of ether oxygens (including phenoxy) is 1. The zero-order chi connectivity index (χ0) is 19.2. The van der Waals surface area contributed by atoms with Crippen molar-refractivity contribution < 1.29 is 19.5 Å². The van der Waals surface area contributed by atoms with E-state index in [2.05, 4.69) is 33.7 Å². The summed E-state index contributed by atoms with van der Waals surface area (Å²) in [7, 11) is 0.807. The van der Waals surface area contributed by atoms with Crippen molar-refractivity contribution in [1.82, 2.24) is 4.98 Å². The zero-order valence-corrected chi connectivity index (χ0v) is 17.2. The van der Waals surface area contributed by atoms with E-state index in [1.165, 1.54) is 7.11 Å². The summed E-state index contributed by atoms with van der Waals surface area (Å²) in [6.07, 6.45) is 9.66. The van der Waals surface area contributed by atoms with Gasteiger partial charge in [-0.15, -0.1) is 0 Å². The van der Waals surface area contributed by atoms with Gasteiger partial charge in [0, 0.05) is 12.5 Å². The highest BCUT2D eigenvalue weighted by Gasteiger charge is 2.21. The van der Waals surface area contributed by atoms with Crippen molar-refractivity contribution >= 4 is 41.4 Å². The van der Waals surface area contributed by atoms with Crippen molar-refractivity contribution in [2.45, 2.75) is 25.3 Å². The van der Waals surface area contributed by atoms with E-state index in [1.807, 2.05) is 36.4 Å². The molecule has 3 rings (SSSR count). The molecule has 0 saturated carbocycles. The number of phenolic OH excluding ortho intramolecular Hbond substituents is 1. The Hall–Kier alpha value is -1.84. The summed E-state index contributed by atoms with van der Waals surface area (Å²) < 4.78 is 11.5. The molecule has 0 spiro atoms. The van der Waals surface area contributed by atoms with Gasteiger partial charge in [0.25, 0.3) is 0 Å². The van der Waals surface area contributed by atoms with Crippen LogP contribution in [-0.4, -0.2) is 35.4 Å². The van der Waals surface area contributed by atoms with E-state index in [9.17, 15) is 10.1 Å². The number of pyridine rings is 1. The van der Waals surface area contributed by atoms with Gasteiger partial charge in [-0.25, -0.2) is 0 Å². The fraction of sp³-hybridized carbons (Fsp3) is 0.250. The van der Waals surface area contributed by atoms with Crippen LogP contribution in [0.2, 0.25) is 6.32 Å². The van der Waals surface area contributed by atoms with Crippen LogP contribution in [0.3, 0.4) is 0 Å². The van der Waals surface area contributed by atoms with Crippen LogP contribution in [0.1, 0.15) is 24.1 Å². The van der Waals surface area contributed by atoms with E-state index in [-0.39, 0.29) is 11.9 Å². The zero-order valence-electron chi connectivity index (χ0n) is 15.0. The van der Waals surface area contributed by atoms with Gasteiger partial charge >= 0.3 is 7.12 Å². The molecular weight excluding hydrogens is 456 g/mol. The molecular formula is C20H21BINO4. The molecule has 2 N–H and O–H groups in total. The molecule has 2 aromatic rings. The lowest BCUT2D eigenvalue weighted by Gasteiger charge is -2.20. The number of halogens is 1. The van der Waals surface area contributed by atoms with E-state index in [1.54, 1.807) is 12.3 Å². The number of methoxy groups -OCH3 is 1. The van der Waals surface area contributed by atoms with Gasteiger partial charge in [-0.05, 0) is 76.9 Å². The summed E-state index contributed by atoms with van der Waals surface area (Å²) >= 11 is 2.09. The molecule has 2 heterocycles. The van der Waals surface area contributed by atoms with Crippen LogP contribution in [0.15, 0.2) is 48.7 Å². The van der Waals surface area contributed by atoms with E-state index in [0.29, 0.717) is 12.1 Å². The van der Waals surface area contributed by atoms with E-state index < -0.39 is 7.12 Å². The molecule has 5 nitrogen and oxygen atoms in total. The maximum absolute atomic E-state index is 10.1. The van der Waals surface area contributed by atoms with Crippen molar-refractivity contribution in [3.8, 4) is 11.5 Å². The number of aromatic nitrogens is 1. The first kappa shape index (κ1) is 19.9. The third kappa shape index (κ3) is 5.34. The molecule has 0 aliphatic carbocycles. The number of aromatic hydroxyl groups is 1. The van der Waals surface area contributed by atoms with Gasteiger partial charge in [0.1, 0.15) is 0 Å². The third-order valence-corrected chi connectivity index (χ3v) is 5.15. The van der Waals surface area contributed by atoms with Gasteiger partial charge in [0.2, 0.25) is 0 Å². The summed E-state index contributed by atoms with van der Waals surface area (Å²) in [6.45, 7) is 0. The van der Waals surface area contributed by atoms with Crippen LogP contribution in [0.25, 0.3) is 11.6 Å². The molecule has 1 atom stereocenters. The van der Waals surface area contributed by atoms with Crippen LogP contribution >= 0.6 is 22.6 Å². The predicted octanol–water partition coefficient (Wildman–Crippen LogP) is 4.16. The fourth-order valence-electron chi connectivity index (χ4n) is 2.97. The Morgan fingerprint density at radius 2 is 2.30 bits per heavy atom. The van der Waals surface area contributed by atoms with E-state index in [0.717, 1.165) is 33.2 Å². The molecule has 1 aliphatic heterocycles. The fourth-order valence-corrected chi connectivity index (χ4v) is 3.60. The quantitative estimate of drug-likeness (QED) is 0.372. The largest absolute Gasteiger partial charge is 0.504 e. The molecule has 1 aromatic carbocycles. The van der Waals surface area contributed by atoms with Gasteiger partial charge < -0.3 is 19.5 Å². The van der Waals surface area contributed by atoms with E-state index >= 15 is 0 Å². The second kappa shape index (κ2) is 9.39. The number of nitrogens with zero attached hydrogens (tertiary/aromatic N) is 1. The summed E-state index contributed by atoms with van der Waals surface area (Å²) in [6, 6.07) is 9.53. The minimum Gasteiger partial charge on any atom is -0.504 e. The first-order chi connectivity index (χ1) is 13.1. The number of hydrogen-bond acceptors (Lipinski definition) is 5. The lowest BCUT2D eigenvalue weighted by atomic mass is 9.82. The average Bonchev–Trinajstić information content (AvgIpc) is 2.68. The van der Waals surface area contributed by atoms with Gasteiger partial charge in [0.05, 0.1) is 22.5 Å². The first-order valence-corrected chi connectivity index (χ1v) is 9.83. The lowest BCUT2D eigenvalue weighted by molar-refractivity contribution is 0.193. The molecule has 1 aliphatic rings. The monoisotopic (exact) mass is 477 g/mol. The number of benzene rings is 1. The van der Waals surface area contributed by atoms with Crippen molar-refractivity contribution in [3.05, 3.63) is 63.5 Å². The predicted molar refractivity (Wildman–Crippen MR) is 116 cm³/mol. The molecule has 0 amide bonds. The normalized spacial score (nSPS) is 17.2. The van der Waals surface area contributed by atoms with Crippen molar-refractivity contribution in [1.29, 1.82) is 0 Å². The molecule has 27 heavy (non-hydrogen) atoms. The molecule has 140 valence electrons. The van der Waals surface area contributed by atoms with Crippen LogP contribution in [0, 0.1) is 3.57 Å². The second-order valence-corrected chi connectivity index (χ2v) is 7.43. The van der Waals surface area contributed by atoms with Crippen molar-refractivity contribution in [3.63, 3.8) is 0 Å². The molecule has 0 radical (unpaired) electrons. The lowest BCUT2D eigenvalue weighted by Crippen LogP contribution is -2.27. The summed E-state index contributed by atoms with van der Waals surface area (Å²) in [5.74, 6) is 0.583. The number of phenols is 1. The number of hydrogen-bond donors (Lipinski definition) is 2. The van der Waals surface area contributed by atoms with E-state index in [4.69, 9.17) is 9.39 Å². The summed E-state index contributed by atoms with van der Waals surface area (Å²) in [5.41, 5.74) is 2.87. The Labute approximate surface area is 173 Å². The molecule has 0 fully saturated rings. The summed E-state index contributed by atoms with van der Waals surface area (Å²) in [4.78, 5) is 4.48. The van der Waals surface area contributed by atoms with Gasteiger partial charge in [-0.2, -0.15) is 0 Å². The Kier molecular flexibility index (Phi) is 6.92. The van der Waals surface area contributed by atoms with Gasteiger partial charge in [0.15, 0.2) is 11.5 Å². The van der Waals surface area contributed by atoms with Crippen molar-refractivity contribution in [2.24, 2.45) is 0 Å². The Morgan fingerprint density at radius 3 is 3.00 bits per heavy atom. The molecule has 7 heteroatoms. The minimum atomic E-state index is -0.731. The minimum absolute atomic E-state index is 0.115. The van der Waals surface area contributed by atoms with Gasteiger partial charge in [-0.3, -0.25) is 4.98 Å². The highest BCUT2D eigenvalue weighted by molar-refractivity contribution is 14.1. The molecule has 0 unspecified atom stereocenters. The first-order valence-electron chi connectivity index (χ1n) is 8.75. The topological polar surface area (TPSA) is 71.8 Å². The highest BCUT2D eigenvalue weighted by Crippen LogP contribution is 2.34. The standard InChI is InChI=1S/C20H21BINO4/c1-26-19-13-14(12-17(22)20(19)24)11-15(18-6-2-3-10-23-18)7-8-16-5-4-9-21(25)27-16/h2-6,10-13,16,24-25H,7-9H2,1H3/b15-11-/t16-/m0/s1. The SMILES string of the molecule is COc1cc(/C=C(/CC[C@@H]2C=CCB(O)O2)c2ccccn2)cc(I)c1O. The highest BCUT2D eigenvalue weighted by atomic mass is 127. The maximum atomic E-state index is 10.1. The Morgan fingerprint density at radius 1 is 1.44 bits per heavy atom. The smallest absolute Gasteiger partial charge is 0.458 e. The number of rotatable bonds is 6. The second-order valence-electron chi connectivity index (χ2n) is 6.27. The van der Waals surface area contributed by atoms with Crippen LogP contribution in [-0.2, 0) is 4.65 Å². The third-order valence-electron chi connectivity index (χ3n) is 4.32.